The second-order valence-electron chi connectivity index (χ2n) is 6.45. The minimum atomic E-state index is 0.0353. The Bertz CT molecular complexity index is 677. The lowest BCUT2D eigenvalue weighted by Gasteiger charge is -2.25. The predicted octanol–water partition coefficient (Wildman–Crippen LogP) is 3.30. The minimum absolute atomic E-state index is 0.0353. The number of piperidine rings is 1. The van der Waals surface area contributed by atoms with Crippen molar-refractivity contribution in [1.82, 2.24) is 15.2 Å². The number of hydrogen-bond acceptors (Lipinski definition) is 4. The van der Waals surface area contributed by atoms with Crippen molar-refractivity contribution in [3.63, 3.8) is 0 Å². The number of benzene rings is 1. The molecule has 5 heteroatoms. The number of carbonyl (C=O) groups is 1. The molecule has 1 aromatic carbocycles. The normalized spacial score (nSPS) is 15.4. The Morgan fingerprint density at radius 1 is 1.25 bits per heavy atom. The molecule has 1 N–H and O–H groups in total. The van der Waals surface area contributed by atoms with Crippen LogP contribution < -0.4 is 5.32 Å². The van der Waals surface area contributed by atoms with E-state index in [0.29, 0.717) is 13.0 Å². The van der Waals surface area contributed by atoms with Gasteiger partial charge in [0.1, 0.15) is 5.01 Å². The molecule has 0 radical (unpaired) electrons. The molecule has 0 aliphatic carbocycles. The maximum atomic E-state index is 12.1. The van der Waals surface area contributed by atoms with Gasteiger partial charge in [0.15, 0.2) is 0 Å². The first-order valence-electron chi connectivity index (χ1n) is 8.67. The summed E-state index contributed by atoms with van der Waals surface area (Å²) in [6.45, 7) is 5.91. The van der Waals surface area contributed by atoms with E-state index in [2.05, 4.69) is 34.3 Å². The molecular formula is C19H25N3OS. The summed E-state index contributed by atoms with van der Waals surface area (Å²) >= 11 is 1.67. The van der Waals surface area contributed by atoms with E-state index in [0.717, 1.165) is 22.8 Å². The Morgan fingerprint density at radius 2 is 2.04 bits per heavy atom. The fourth-order valence-corrected chi connectivity index (χ4v) is 3.88. The van der Waals surface area contributed by atoms with Crippen LogP contribution in [0.15, 0.2) is 29.6 Å². The largest absolute Gasteiger partial charge is 0.352 e. The van der Waals surface area contributed by atoms with Crippen LogP contribution in [-0.4, -0.2) is 28.9 Å². The van der Waals surface area contributed by atoms with Gasteiger partial charge in [0.2, 0.25) is 5.91 Å². The predicted molar refractivity (Wildman–Crippen MR) is 98.0 cm³/mol. The number of likely N-dealkylation sites (tertiary alicyclic amines) is 1. The smallest absolute Gasteiger partial charge is 0.226 e. The van der Waals surface area contributed by atoms with E-state index in [4.69, 9.17) is 0 Å². The van der Waals surface area contributed by atoms with E-state index < -0.39 is 0 Å². The van der Waals surface area contributed by atoms with Gasteiger partial charge in [0, 0.05) is 11.9 Å². The number of nitrogens with zero attached hydrogens (tertiary/aromatic N) is 2. The average Bonchev–Trinajstić information content (AvgIpc) is 3.02. The summed E-state index contributed by atoms with van der Waals surface area (Å²) < 4.78 is 0. The van der Waals surface area contributed by atoms with Crippen LogP contribution in [0.1, 0.15) is 41.1 Å². The maximum Gasteiger partial charge on any atom is 0.226 e. The van der Waals surface area contributed by atoms with Crippen LogP contribution in [0.2, 0.25) is 0 Å². The van der Waals surface area contributed by atoms with Gasteiger partial charge in [-0.15, -0.1) is 11.3 Å². The van der Waals surface area contributed by atoms with Gasteiger partial charge < -0.3 is 5.32 Å². The van der Waals surface area contributed by atoms with Crippen molar-refractivity contribution in [3.8, 4) is 0 Å². The zero-order chi connectivity index (χ0) is 16.8. The Morgan fingerprint density at radius 3 is 2.83 bits per heavy atom. The van der Waals surface area contributed by atoms with Crippen LogP contribution in [-0.2, 0) is 24.3 Å². The Balaban J connectivity index is 1.47. The third kappa shape index (κ3) is 4.89. The van der Waals surface area contributed by atoms with Crippen molar-refractivity contribution < 1.29 is 4.79 Å². The number of aromatic nitrogens is 1. The molecule has 1 saturated heterocycles. The molecule has 0 saturated carbocycles. The van der Waals surface area contributed by atoms with Crippen molar-refractivity contribution in [2.45, 2.75) is 45.7 Å². The van der Waals surface area contributed by atoms with Gasteiger partial charge in [0.25, 0.3) is 0 Å². The lowest BCUT2D eigenvalue weighted by atomic mass is 10.1. The molecule has 128 valence electrons. The molecule has 3 rings (SSSR count). The summed E-state index contributed by atoms with van der Waals surface area (Å²) in [5, 5.41) is 6.14. The fourth-order valence-electron chi connectivity index (χ4n) is 3.04. The van der Waals surface area contributed by atoms with Crippen LogP contribution in [0, 0.1) is 6.92 Å². The molecule has 2 heterocycles. The van der Waals surface area contributed by atoms with Gasteiger partial charge in [-0.05, 0) is 44.0 Å². The van der Waals surface area contributed by atoms with Crippen LogP contribution in [0.3, 0.4) is 0 Å². The second-order valence-corrected chi connectivity index (χ2v) is 7.39. The Labute approximate surface area is 147 Å². The molecule has 4 nitrogen and oxygen atoms in total. The molecule has 0 bridgehead atoms. The molecule has 1 aromatic heterocycles. The van der Waals surface area contributed by atoms with Gasteiger partial charge in [-0.2, -0.15) is 0 Å². The number of thiazole rings is 1. The number of rotatable bonds is 6. The van der Waals surface area contributed by atoms with E-state index in [1.807, 2.05) is 17.5 Å². The van der Waals surface area contributed by atoms with Crippen molar-refractivity contribution in [3.05, 3.63) is 51.5 Å². The molecule has 1 amide bonds. The third-order valence-electron chi connectivity index (χ3n) is 4.49. The third-order valence-corrected chi connectivity index (χ3v) is 5.37. The molecule has 0 unspecified atom stereocenters. The van der Waals surface area contributed by atoms with Crippen molar-refractivity contribution in [2.24, 2.45) is 0 Å². The van der Waals surface area contributed by atoms with E-state index in [1.165, 1.54) is 37.9 Å². The zero-order valence-corrected chi connectivity index (χ0v) is 15.1. The maximum absolute atomic E-state index is 12.1. The first-order chi connectivity index (χ1) is 11.7. The van der Waals surface area contributed by atoms with Gasteiger partial charge >= 0.3 is 0 Å². The summed E-state index contributed by atoms with van der Waals surface area (Å²) in [7, 11) is 0. The van der Waals surface area contributed by atoms with Crippen molar-refractivity contribution >= 4 is 17.2 Å². The molecule has 24 heavy (non-hydrogen) atoms. The summed E-state index contributed by atoms with van der Waals surface area (Å²) in [6.07, 6.45) is 4.29. The summed E-state index contributed by atoms with van der Waals surface area (Å²) in [5.74, 6) is 0.0353. The van der Waals surface area contributed by atoms with Crippen molar-refractivity contribution in [2.75, 3.05) is 13.1 Å². The summed E-state index contributed by atoms with van der Waals surface area (Å²) in [4.78, 5) is 19.2. The van der Waals surface area contributed by atoms with Crippen LogP contribution >= 0.6 is 11.3 Å². The minimum Gasteiger partial charge on any atom is -0.352 e. The lowest BCUT2D eigenvalue weighted by molar-refractivity contribution is -0.120. The molecule has 1 fully saturated rings. The Hall–Kier alpha value is -1.72. The molecule has 0 atom stereocenters. The SMILES string of the molecule is Cc1ccccc1CNC(=O)Cc1csc(CN2CCCCC2)n1. The van der Waals surface area contributed by atoms with Crippen LogP contribution in [0.4, 0.5) is 0 Å². The van der Waals surface area contributed by atoms with E-state index >= 15 is 0 Å². The highest BCUT2D eigenvalue weighted by atomic mass is 32.1. The number of amides is 1. The highest BCUT2D eigenvalue weighted by molar-refractivity contribution is 7.09. The lowest BCUT2D eigenvalue weighted by Crippen LogP contribution is -2.29. The number of aryl methyl sites for hydroxylation is 1. The van der Waals surface area contributed by atoms with Gasteiger partial charge in [0.05, 0.1) is 18.7 Å². The second kappa shape index (κ2) is 8.40. The molecule has 2 aromatic rings. The monoisotopic (exact) mass is 343 g/mol. The molecule has 1 aliphatic rings. The summed E-state index contributed by atoms with van der Waals surface area (Å²) in [5.41, 5.74) is 3.25. The van der Waals surface area contributed by atoms with E-state index in [-0.39, 0.29) is 5.91 Å². The van der Waals surface area contributed by atoms with Gasteiger partial charge in [-0.3, -0.25) is 9.69 Å². The van der Waals surface area contributed by atoms with Crippen LogP contribution in [0.25, 0.3) is 0 Å². The first-order valence-corrected chi connectivity index (χ1v) is 9.55. The average molecular weight is 343 g/mol. The van der Waals surface area contributed by atoms with Crippen LogP contribution in [0.5, 0.6) is 0 Å². The van der Waals surface area contributed by atoms with E-state index in [9.17, 15) is 4.79 Å². The highest BCUT2D eigenvalue weighted by Crippen LogP contribution is 2.16. The highest BCUT2D eigenvalue weighted by Gasteiger charge is 2.13. The van der Waals surface area contributed by atoms with Crippen molar-refractivity contribution in [1.29, 1.82) is 0 Å². The van der Waals surface area contributed by atoms with Gasteiger partial charge in [-0.1, -0.05) is 30.7 Å². The zero-order valence-electron chi connectivity index (χ0n) is 14.3. The Kier molecular flexibility index (Phi) is 5.99. The number of nitrogens with one attached hydrogen (secondary N) is 1. The molecular weight excluding hydrogens is 318 g/mol. The topological polar surface area (TPSA) is 45.2 Å². The number of carbonyl (C=O) groups excluding carboxylic acids is 1. The molecule has 1 aliphatic heterocycles. The van der Waals surface area contributed by atoms with Gasteiger partial charge in [-0.25, -0.2) is 4.98 Å². The van der Waals surface area contributed by atoms with E-state index in [1.54, 1.807) is 11.3 Å². The number of hydrogen-bond donors (Lipinski definition) is 1. The summed E-state index contributed by atoms with van der Waals surface area (Å²) in [6, 6.07) is 8.13. The molecule has 0 spiro atoms. The standard InChI is InChI=1S/C19H25N3OS/c1-15-7-3-4-8-16(15)12-20-18(23)11-17-14-24-19(21-17)13-22-9-5-2-6-10-22/h3-4,7-8,14H,2,5-6,9-13H2,1H3,(H,20,23). The first kappa shape index (κ1) is 17.1. The fraction of sp³-hybridized carbons (Fsp3) is 0.474. The quantitative estimate of drug-likeness (QED) is 0.875.